The van der Waals surface area contributed by atoms with Gasteiger partial charge in [-0.3, -0.25) is 0 Å². The normalized spacial score (nSPS) is 12.1. The maximum Gasteiger partial charge on any atom is 0.192 e. The molecule has 1 heterocycles. The third kappa shape index (κ3) is 6.84. The van der Waals surface area contributed by atoms with Gasteiger partial charge in [0, 0.05) is 23.2 Å². The van der Waals surface area contributed by atoms with E-state index in [4.69, 9.17) is 9.47 Å². The zero-order chi connectivity index (χ0) is 18.9. The highest BCUT2D eigenvalue weighted by Crippen LogP contribution is 2.29. The van der Waals surface area contributed by atoms with Gasteiger partial charge in [0.25, 0.3) is 0 Å². The largest absolute Gasteiger partial charge is 0.497 e. The fourth-order valence-electron chi connectivity index (χ4n) is 2.51. The molecule has 0 spiro atoms. The summed E-state index contributed by atoms with van der Waals surface area (Å²) in [5.41, 5.74) is 1.01. The summed E-state index contributed by atoms with van der Waals surface area (Å²) in [5, 5.41) is 7.73. The third-order valence-electron chi connectivity index (χ3n) is 3.92. The van der Waals surface area contributed by atoms with Crippen LogP contribution in [0.3, 0.4) is 0 Å². The van der Waals surface area contributed by atoms with Crippen LogP contribution in [-0.2, 0) is 13.0 Å². The van der Waals surface area contributed by atoms with E-state index in [1.165, 1.54) is 4.88 Å². The molecular formula is C19H29IN4O2S. The van der Waals surface area contributed by atoms with Crippen LogP contribution in [0.5, 0.6) is 11.5 Å². The number of benzene rings is 1. The van der Waals surface area contributed by atoms with Crippen LogP contribution in [0.2, 0.25) is 0 Å². The fourth-order valence-corrected chi connectivity index (χ4v) is 3.30. The summed E-state index contributed by atoms with van der Waals surface area (Å²) < 4.78 is 10.8. The molecule has 2 aromatic rings. The second kappa shape index (κ2) is 12.0. The van der Waals surface area contributed by atoms with Gasteiger partial charge < -0.3 is 20.1 Å². The van der Waals surface area contributed by atoms with E-state index in [1.807, 2.05) is 31.3 Å². The van der Waals surface area contributed by atoms with E-state index >= 15 is 0 Å². The van der Waals surface area contributed by atoms with Crippen LogP contribution in [0.15, 0.2) is 29.4 Å². The molecule has 1 unspecified atom stereocenters. The molecule has 0 aliphatic heterocycles. The molecule has 0 aliphatic rings. The molecule has 0 amide bonds. The van der Waals surface area contributed by atoms with Gasteiger partial charge in [0.15, 0.2) is 5.96 Å². The molecule has 1 aromatic carbocycles. The number of ether oxygens (including phenoxy) is 2. The predicted molar refractivity (Wildman–Crippen MR) is 123 cm³/mol. The number of guanidine groups is 1. The highest BCUT2D eigenvalue weighted by atomic mass is 127. The average molecular weight is 504 g/mol. The first-order chi connectivity index (χ1) is 12.6. The van der Waals surface area contributed by atoms with Crippen LogP contribution in [0, 0.1) is 0 Å². The summed E-state index contributed by atoms with van der Waals surface area (Å²) in [7, 11) is 3.33. The Kier molecular flexibility index (Phi) is 10.5. The van der Waals surface area contributed by atoms with Crippen molar-refractivity contribution in [2.24, 2.45) is 4.99 Å². The second-order valence-electron chi connectivity index (χ2n) is 5.74. The van der Waals surface area contributed by atoms with E-state index in [9.17, 15) is 0 Å². The lowest BCUT2D eigenvalue weighted by molar-refractivity contribution is 0.394. The first-order valence-electron chi connectivity index (χ1n) is 8.81. The van der Waals surface area contributed by atoms with Gasteiger partial charge in [-0.2, -0.15) is 0 Å². The number of hydrogen-bond donors (Lipinski definition) is 2. The van der Waals surface area contributed by atoms with Crippen molar-refractivity contribution in [3.05, 3.63) is 39.8 Å². The highest BCUT2D eigenvalue weighted by Gasteiger charge is 2.14. The van der Waals surface area contributed by atoms with Crippen molar-refractivity contribution >= 4 is 41.3 Å². The number of methoxy groups -OCH3 is 2. The first-order valence-corrected chi connectivity index (χ1v) is 9.63. The molecule has 6 nitrogen and oxygen atoms in total. The van der Waals surface area contributed by atoms with Crippen LogP contribution in [-0.4, -0.2) is 31.7 Å². The number of nitrogens with one attached hydrogen (secondary N) is 2. The standard InChI is InChI=1S/C19H28N4O2S.HI/c1-6-15-11-21-18(26-15)12-22-19(20-7-2)23-13(3)16-10-14(24-4)8-9-17(16)25-5;/h8-11,13H,6-7,12H2,1-5H3,(H2,20,22,23);1H. The van der Waals surface area contributed by atoms with Crippen molar-refractivity contribution in [3.8, 4) is 11.5 Å². The minimum atomic E-state index is 0. The number of nitrogens with zero attached hydrogens (tertiary/aromatic N) is 2. The van der Waals surface area contributed by atoms with Crippen molar-refractivity contribution in [1.29, 1.82) is 0 Å². The molecule has 1 aromatic heterocycles. The van der Waals surface area contributed by atoms with Gasteiger partial charge in [-0.1, -0.05) is 6.92 Å². The van der Waals surface area contributed by atoms with Gasteiger partial charge >= 0.3 is 0 Å². The van der Waals surface area contributed by atoms with Crippen molar-refractivity contribution in [3.63, 3.8) is 0 Å². The number of halogens is 1. The molecule has 2 N–H and O–H groups in total. The smallest absolute Gasteiger partial charge is 0.192 e. The Balaban J connectivity index is 0.00000364. The topological polar surface area (TPSA) is 67.8 Å². The molecular weight excluding hydrogens is 475 g/mol. The lowest BCUT2D eigenvalue weighted by Crippen LogP contribution is -2.38. The number of thiazole rings is 1. The van der Waals surface area contributed by atoms with Gasteiger partial charge in [0.05, 0.1) is 26.8 Å². The van der Waals surface area contributed by atoms with E-state index in [2.05, 4.69) is 34.5 Å². The van der Waals surface area contributed by atoms with Crippen molar-refractivity contribution in [1.82, 2.24) is 15.6 Å². The minimum Gasteiger partial charge on any atom is -0.497 e. The maximum absolute atomic E-state index is 5.49. The van der Waals surface area contributed by atoms with Gasteiger partial charge in [-0.25, -0.2) is 9.98 Å². The Labute approximate surface area is 182 Å². The van der Waals surface area contributed by atoms with E-state index in [0.29, 0.717) is 6.54 Å². The summed E-state index contributed by atoms with van der Waals surface area (Å²) >= 11 is 1.71. The lowest BCUT2D eigenvalue weighted by Gasteiger charge is -2.20. The molecule has 0 aliphatic carbocycles. The molecule has 0 bridgehead atoms. The van der Waals surface area contributed by atoms with Crippen LogP contribution in [0.1, 0.15) is 42.3 Å². The summed E-state index contributed by atoms with van der Waals surface area (Å²) in [5.74, 6) is 2.36. The zero-order valence-corrected chi connectivity index (χ0v) is 19.7. The maximum atomic E-state index is 5.49. The van der Waals surface area contributed by atoms with Crippen LogP contribution >= 0.6 is 35.3 Å². The average Bonchev–Trinajstić information content (AvgIpc) is 3.13. The molecule has 0 saturated heterocycles. The van der Waals surface area contributed by atoms with Crippen molar-refractivity contribution < 1.29 is 9.47 Å². The Bertz CT molecular complexity index is 736. The third-order valence-corrected chi connectivity index (χ3v) is 5.05. The van der Waals surface area contributed by atoms with Gasteiger partial charge in [0.1, 0.15) is 16.5 Å². The fraction of sp³-hybridized carbons (Fsp3) is 0.474. The lowest BCUT2D eigenvalue weighted by atomic mass is 10.1. The number of rotatable bonds is 8. The Morgan fingerprint density at radius 2 is 2.04 bits per heavy atom. The summed E-state index contributed by atoms with van der Waals surface area (Å²) in [4.78, 5) is 10.4. The summed E-state index contributed by atoms with van der Waals surface area (Å²) in [6, 6.07) is 5.79. The van der Waals surface area contributed by atoms with Gasteiger partial charge in [-0.15, -0.1) is 35.3 Å². The molecule has 0 radical (unpaired) electrons. The quantitative estimate of drug-likeness (QED) is 0.321. The molecule has 27 heavy (non-hydrogen) atoms. The van der Waals surface area contributed by atoms with Crippen LogP contribution < -0.4 is 20.1 Å². The number of aliphatic imine (C=N–C) groups is 1. The Hall–Kier alpha value is -1.55. The molecule has 150 valence electrons. The van der Waals surface area contributed by atoms with Crippen LogP contribution in [0.25, 0.3) is 0 Å². The van der Waals surface area contributed by atoms with E-state index in [1.54, 1.807) is 25.6 Å². The van der Waals surface area contributed by atoms with Crippen molar-refractivity contribution in [2.75, 3.05) is 20.8 Å². The predicted octanol–water partition coefficient (Wildman–Crippen LogP) is 4.16. The van der Waals surface area contributed by atoms with E-state index in [0.717, 1.165) is 41.0 Å². The van der Waals surface area contributed by atoms with E-state index in [-0.39, 0.29) is 30.0 Å². The molecule has 1 atom stereocenters. The molecule has 0 saturated carbocycles. The minimum absolute atomic E-state index is 0. The molecule has 8 heteroatoms. The molecule has 0 fully saturated rings. The Morgan fingerprint density at radius 3 is 2.63 bits per heavy atom. The second-order valence-corrected chi connectivity index (χ2v) is 6.94. The van der Waals surface area contributed by atoms with E-state index < -0.39 is 0 Å². The van der Waals surface area contributed by atoms with Crippen LogP contribution in [0.4, 0.5) is 0 Å². The molecule has 2 rings (SSSR count). The van der Waals surface area contributed by atoms with Crippen molar-refractivity contribution in [2.45, 2.75) is 39.8 Å². The number of hydrogen-bond acceptors (Lipinski definition) is 5. The summed E-state index contributed by atoms with van der Waals surface area (Å²) in [6.45, 7) is 7.60. The Morgan fingerprint density at radius 1 is 1.26 bits per heavy atom. The number of aromatic nitrogens is 1. The SMILES string of the molecule is CCNC(=NCc1ncc(CC)s1)NC(C)c1cc(OC)ccc1OC.I. The summed E-state index contributed by atoms with van der Waals surface area (Å²) in [6.07, 6.45) is 2.94. The van der Waals surface area contributed by atoms with Gasteiger partial charge in [-0.05, 0) is 38.5 Å². The number of aryl methyl sites for hydroxylation is 1. The highest BCUT2D eigenvalue weighted by molar-refractivity contribution is 14.0. The monoisotopic (exact) mass is 504 g/mol. The first kappa shape index (κ1) is 23.5. The zero-order valence-electron chi connectivity index (χ0n) is 16.5. The van der Waals surface area contributed by atoms with Gasteiger partial charge in [0.2, 0.25) is 0 Å².